The Labute approximate surface area is 125 Å². The molecule has 0 atom stereocenters. The van der Waals surface area contributed by atoms with Crippen LogP contribution in [-0.4, -0.2) is 23.3 Å². The van der Waals surface area contributed by atoms with E-state index >= 15 is 0 Å². The minimum Gasteiger partial charge on any atom is -0.317 e. The van der Waals surface area contributed by atoms with Crippen molar-refractivity contribution < 1.29 is 0 Å². The molecule has 1 aromatic heterocycles. The van der Waals surface area contributed by atoms with Gasteiger partial charge in [0.05, 0.1) is 0 Å². The Kier molecular flexibility index (Phi) is 6.15. The number of rotatable bonds is 8. The topological polar surface area (TPSA) is 37.8 Å². The molecule has 2 aromatic rings. The average molecular weight is 289 g/mol. The van der Waals surface area contributed by atoms with E-state index in [4.69, 9.17) is 0 Å². The Morgan fingerprint density at radius 2 is 1.90 bits per heavy atom. The molecule has 0 aliphatic rings. The highest BCUT2D eigenvalue weighted by molar-refractivity contribution is 7.11. The number of aromatic nitrogens is 2. The Hall–Kier alpha value is -1.26. The van der Waals surface area contributed by atoms with E-state index in [0.717, 1.165) is 42.4 Å². The molecule has 0 aliphatic carbocycles. The maximum atomic E-state index is 4.32. The van der Waals surface area contributed by atoms with Crippen LogP contribution in [0.1, 0.15) is 40.9 Å². The first-order chi connectivity index (χ1) is 9.79. The standard InChI is InChI=1S/C16H23N3S/c1-3-10-17-11-6-9-15-18-19-16(20-15)12-14-8-5-4-7-13(14)2/h4-5,7-8,17H,3,6,9-12H2,1-2H3. The Morgan fingerprint density at radius 1 is 1.10 bits per heavy atom. The van der Waals surface area contributed by atoms with Crippen molar-refractivity contribution >= 4 is 11.3 Å². The predicted octanol–water partition coefficient (Wildman–Crippen LogP) is 3.37. The van der Waals surface area contributed by atoms with Gasteiger partial charge < -0.3 is 5.32 Å². The quantitative estimate of drug-likeness (QED) is 0.757. The van der Waals surface area contributed by atoms with Crippen molar-refractivity contribution in [2.45, 2.75) is 39.5 Å². The van der Waals surface area contributed by atoms with E-state index in [1.807, 2.05) is 0 Å². The van der Waals surface area contributed by atoms with Crippen LogP contribution in [-0.2, 0) is 12.8 Å². The van der Waals surface area contributed by atoms with Gasteiger partial charge in [-0.25, -0.2) is 0 Å². The van der Waals surface area contributed by atoms with Crippen molar-refractivity contribution in [2.24, 2.45) is 0 Å². The van der Waals surface area contributed by atoms with Gasteiger partial charge in [0.1, 0.15) is 10.0 Å². The lowest BCUT2D eigenvalue weighted by atomic mass is 10.1. The molecule has 20 heavy (non-hydrogen) atoms. The second-order valence-electron chi connectivity index (χ2n) is 5.05. The lowest BCUT2D eigenvalue weighted by molar-refractivity contribution is 0.637. The van der Waals surface area contributed by atoms with E-state index in [9.17, 15) is 0 Å². The molecule has 3 nitrogen and oxygen atoms in total. The van der Waals surface area contributed by atoms with Crippen LogP contribution < -0.4 is 5.32 Å². The molecule has 0 amide bonds. The van der Waals surface area contributed by atoms with E-state index < -0.39 is 0 Å². The van der Waals surface area contributed by atoms with E-state index in [1.54, 1.807) is 11.3 Å². The van der Waals surface area contributed by atoms with Gasteiger partial charge in [0.2, 0.25) is 0 Å². The Balaban J connectivity index is 1.82. The number of hydrogen-bond acceptors (Lipinski definition) is 4. The summed E-state index contributed by atoms with van der Waals surface area (Å²) >= 11 is 1.75. The van der Waals surface area contributed by atoms with Gasteiger partial charge in [-0.05, 0) is 44.0 Å². The summed E-state index contributed by atoms with van der Waals surface area (Å²) in [5.41, 5.74) is 2.67. The summed E-state index contributed by atoms with van der Waals surface area (Å²) in [5.74, 6) is 0. The van der Waals surface area contributed by atoms with Crippen molar-refractivity contribution in [3.63, 3.8) is 0 Å². The van der Waals surface area contributed by atoms with Crippen LogP contribution in [0.5, 0.6) is 0 Å². The third-order valence-electron chi connectivity index (χ3n) is 3.28. The van der Waals surface area contributed by atoms with Gasteiger partial charge in [0, 0.05) is 12.8 Å². The lowest BCUT2D eigenvalue weighted by Crippen LogP contribution is -2.16. The van der Waals surface area contributed by atoms with Crippen molar-refractivity contribution in [3.8, 4) is 0 Å². The third-order valence-corrected chi connectivity index (χ3v) is 4.27. The minimum absolute atomic E-state index is 0.901. The molecule has 0 unspecified atom stereocenters. The molecule has 0 radical (unpaired) electrons. The molecule has 4 heteroatoms. The van der Waals surface area contributed by atoms with E-state index in [2.05, 4.69) is 53.6 Å². The first-order valence-electron chi connectivity index (χ1n) is 7.36. The fraction of sp³-hybridized carbons (Fsp3) is 0.500. The van der Waals surface area contributed by atoms with E-state index in [1.165, 1.54) is 17.5 Å². The van der Waals surface area contributed by atoms with Gasteiger partial charge in [0.25, 0.3) is 0 Å². The maximum absolute atomic E-state index is 4.32. The molecule has 1 N–H and O–H groups in total. The molecule has 108 valence electrons. The van der Waals surface area contributed by atoms with Crippen LogP contribution in [0.2, 0.25) is 0 Å². The molecular weight excluding hydrogens is 266 g/mol. The van der Waals surface area contributed by atoms with Crippen LogP contribution in [0.3, 0.4) is 0 Å². The van der Waals surface area contributed by atoms with Crippen LogP contribution >= 0.6 is 11.3 Å². The second kappa shape index (κ2) is 8.12. The first-order valence-corrected chi connectivity index (χ1v) is 8.17. The van der Waals surface area contributed by atoms with Crippen LogP contribution in [0, 0.1) is 6.92 Å². The summed E-state index contributed by atoms with van der Waals surface area (Å²) in [6.07, 6.45) is 4.26. The van der Waals surface area contributed by atoms with Crippen LogP contribution in [0.4, 0.5) is 0 Å². The van der Waals surface area contributed by atoms with Crippen molar-refractivity contribution in [2.75, 3.05) is 13.1 Å². The Morgan fingerprint density at radius 3 is 2.70 bits per heavy atom. The molecule has 1 heterocycles. The normalized spacial score (nSPS) is 10.9. The molecule has 1 aromatic carbocycles. The number of nitrogens with one attached hydrogen (secondary N) is 1. The van der Waals surface area contributed by atoms with Gasteiger partial charge in [-0.2, -0.15) is 0 Å². The summed E-state index contributed by atoms with van der Waals surface area (Å²) in [5, 5.41) is 14.3. The third kappa shape index (κ3) is 4.69. The van der Waals surface area contributed by atoms with Gasteiger partial charge >= 0.3 is 0 Å². The fourth-order valence-electron chi connectivity index (χ4n) is 2.10. The smallest absolute Gasteiger partial charge is 0.121 e. The highest BCUT2D eigenvalue weighted by Crippen LogP contribution is 2.17. The zero-order chi connectivity index (χ0) is 14.2. The molecule has 2 rings (SSSR count). The van der Waals surface area contributed by atoms with E-state index in [-0.39, 0.29) is 0 Å². The summed E-state index contributed by atoms with van der Waals surface area (Å²) in [4.78, 5) is 0. The molecule has 0 fully saturated rings. The lowest BCUT2D eigenvalue weighted by Gasteiger charge is -2.01. The number of hydrogen-bond donors (Lipinski definition) is 1. The van der Waals surface area contributed by atoms with Gasteiger partial charge in [0.15, 0.2) is 0 Å². The highest BCUT2D eigenvalue weighted by atomic mass is 32.1. The summed E-state index contributed by atoms with van der Waals surface area (Å²) in [6, 6.07) is 8.49. The predicted molar refractivity (Wildman–Crippen MR) is 85.4 cm³/mol. The first kappa shape index (κ1) is 15.1. The molecule has 0 aliphatic heterocycles. The molecular formula is C16H23N3S. The highest BCUT2D eigenvalue weighted by Gasteiger charge is 2.06. The minimum atomic E-state index is 0.901. The maximum Gasteiger partial charge on any atom is 0.121 e. The summed E-state index contributed by atoms with van der Waals surface area (Å²) in [6.45, 7) is 6.52. The van der Waals surface area contributed by atoms with Gasteiger partial charge in [-0.3, -0.25) is 0 Å². The van der Waals surface area contributed by atoms with Crippen molar-refractivity contribution in [1.82, 2.24) is 15.5 Å². The summed E-state index contributed by atoms with van der Waals surface area (Å²) < 4.78 is 0. The van der Waals surface area contributed by atoms with Crippen molar-refractivity contribution in [1.29, 1.82) is 0 Å². The SMILES string of the molecule is CCCNCCCc1nnc(Cc2ccccc2C)s1. The van der Waals surface area contributed by atoms with Crippen LogP contribution in [0.15, 0.2) is 24.3 Å². The Bertz CT molecular complexity index is 522. The molecule has 0 saturated carbocycles. The number of benzene rings is 1. The number of aryl methyl sites for hydroxylation is 2. The van der Waals surface area contributed by atoms with Crippen LogP contribution in [0.25, 0.3) is 0 Å². The molecule has 0 spiro atoms. The largest absolute Gasteiger partial charge is 0.317 e. The fourth-order valence-corrected chi connectivity index (χ4v) is 3.01. The average Bonchev–Trinajstić information content (AvgIpc) is 2.89. The summed E-state index contributed by atoms with van der Waals surface area (Å²) in [7, 11) is 0. The second-order valence-corrected chi connectivity index (χ2v) is 6.19. The van der Waals surface area contributed by atoms with Gasteiger partial charge in [-0.15, -0.1) is 21.5 Å². The molecule has 0 saturated heterocycles. The van der Waals surface area contributed by atoms with Gasteiger partial charge in [-0.1, -0.05) is 31.2 Å². The molecule has 0 bridgehead atoms. The van der Waals surface area contributed by atoms with E-state index in [0.29, 0.717) is 0 Å². The zero-order valence-corrected chi connectivity index (χ0v) is 13.2. The van der Waals surface area contributed by atoms with Crippen molar-refractivity contribution in [3.05, 3.63) is 45.4 Å². The number of nitrogens with zero attached hydrogens (tertiary/aromatic N) is 2. The zero-order valence-electron chi connectivity index (χ0n) is 12.4. The monoisotopic (exact) mass is 289 g/mol.